The van der Waals surface area contributed by atoms with E-state index in [9.17, 15) is 14.4 Å². The number of hydrogen-bond donors (Lipinski definition) is 2. The van der Waals surface area contributed by atoms with Crippen LogP contribution in [-0.2, 0) is 9.59 Å². The fraction of sp³-hybridized carbons (Fsp3) is 0.556. The summed E-state index contributed by atoms with van der Waals surface area (Å²) in [6.07, 6.45) is 4.23. The highest BCUT2D eigenvalue weighted by Crippen LogP contribution is 2.42. The molecule has 1 aromatic rings. The predicted molar refractivity (Wildman–Crippen MR) is 94.4 cm³/mol. The van der Waals surface area contributed by atoms with Crippen LogP contribution in [0.3, 0.4) is 0 Å². The largest absolute Gasteiger partial charge is 0.369 e. The van der Waals surface area contributed by atoms with E-state index in [1.165, 1.54) is 17.7 Å². The lowest BCUT2D eigenvalue weighted by atomic mass is 9.98. The van der Waals surface area contributed by atoms with E-state index in [1.807, 2.05) is 19.2 Å². The lowest BCUT2D eigenvalue weighted by molar-refractivity contribution is -0.122. The summed E-state index contributed by atoms with van der Waals surface area (Å²) in [4.78, 5) is 43.1. The highest BCUT2D eigenvalue weighted by Gasteiger charge is 2.43. The molecule has 1 saturated carbocycles. The molecule has 8 nitrogen and oxygen atoms in total. The maximum absolute atomic E-state index is 12.4. The average molecular weight is 357 g/mol. The lowest BCUT2D eigenvalue weighted by Gasteiger charge is -2.21. The third kappa shape index (κ3) is 3.49. The number of nitrogens with zero attached hydrogens (tertiary/aromatic N) is 3. The second-order valence-corrected chi connectivity index (χ2v) is 7.45. The first-order valence-electron chi connectivity index (χ1n) is 9.05. The zero-order valence-corrected chi connectivity index (χ0v) is 14.8. The Bertz CT molecular complexity index is 748. The van der Waals surface area contributed by atoms with Crippen molar-refractivity contribution in [2.24, 2.45) is 11.8 Å². The van der Waals surface area contributed by atoms with E-state index in [0.717, 1.165) is 24.5 Å². The summed E-state index contributed by atoms with van der Waals surface area (Å²) in [5, 5.41) is 5.29. The van der Waals surface area contributed by atoms with Crippen molar-refractivity contribution < 1.29 is 14.4 Å². The van der Waals surface area contributed by atoms with Gasteiger partial charge in [0, 0.05) is 36.6 Å². The third-order valence-corrected chi connectivity index (χ3v) is 5.39. The van der Waals surface area contributed by atoms with Crippen molar-refractivity contribution >= 4 is 23.5 Å². The lowest BCUT2D eigenvalue weighted by Crippen LogP contribution is -2.46. The second kappa shape index (κ2) is 6.59. The third-order valence-electron chi connectivity index (χ3n) is 5.39. The zero-order valence-electron chi connectivity index (χ0n) is 14.8. The van der Waals surface area contributed by atoms with Crippen molar-refractivity contribution in [3.63, 3.8) is 0 Å². The van der Waals surface area contributed by atoms with Gasteiger partial charge in [0.05, 0.1) is 6.04 Å². The molecule has 8 heteroatoms. The molecule has 0 spiro atoms. The van der Waals surface area contributed by atoms with E-state index in [-0.39, 0.29) is 30.9 Å². The minimum Gasteiger partial charge on any atom is -0.369 e. The van der Waals surface area contributed by atoms with Crippen molar-refractivity contribution in [1.29, 1.82) is 0 Å². The molecule has 4 rings (SSSR count). The summed E-state index contributed by atoms with van der Waals surface area (Å²) in [6.45, 7) is 3.51. The first kappa shape index (κ1) is 16.8. The number of hydrogen-bond acceptors (Lipinski definition) is 5. The monoisotopic (exact) mass is 357 g/mol. The van der Waals surface area contributed by atoms with Gasteiger partial charge in [-0.1, -0.05) is 0 Å². The molecule has 3 heterocycles. The molecular weight excluding hydrogens is 334 g/mol. The summed E-state index contributed by atoms with van der Waals surface area (Å²) in [7, 11) is 0. The number of urea groups is 1. The highest BCUT2D eigenvalue weighted by molar-refractivity contribution is 6.03. The van der Waals surface area contributed by atoms with Crippen molar-refractivity contribution in [3.8, 4) is 0 Å². The normalized spacial score (nSPS) is 25.6. The van der Waals surface area contributed by atoms with Gasteiger partial charge in [-0.3, -0.25) is 19.9 Å². The Labute approximate surface area is 151 Å². The first-order chi connectivity index (χ1) is 12.5. The summed E-state index contributed by atoms with van der Waals surface area (Å²) in [5.74, 6) is 0.503. The highest BCUT2D eigenvalue weighted by atomic mass is 16.2. The van der Waals surface area contributed by atoms with Gasteiger partial charge >= 0.3 is 6.03 Å². The van der Waals surface area contributed by atoms with E-state index in [1.54, 1.807) is 0 Å². The maximum atomic E-state index is 12.4. The van der Waals surface area contributed by atoms with Gasteiger partial charge in [0.1, 0.15) is 13.1 Å². The Kier molecular flexibility index (Phi) is 4.26. The van der Waals surface area contributed by atoms with Gasteiger partial charge in [0.15, 0.2) is 0 Å². The molecule has 4 amide bonds. The molecule has 2 atom stereocenters. The molecule has 26 heavy (non-hydrogen) atoms. The Balaban J connectivity index is 1.40. The number of aromatic nitrogens is 1. The molecule has 0 aromatic carbocycles. The minimum atomic E-state index is -0.496. The fourth-order valence-corrected chi connectivity index (χ4v) is 3.96. The van der Waals surface area contributed by atoms with Crippen LogP contribution in [0.2, 0.25) is 0 Å². The van der Waals surface area contributed by atoms with E-state index in [2.05, 4.69) is 26.6 Å². The number of aryl methyl sites for hydroxylation is 1. The quantitative estimate of drug-likeness (QED) is 0.738. The SMILES string of the molecule is Cc1cc(N2C[C@@H](NC(=O)CN3CC(=O)NC3=O)[C@H](C3CC3)C2)ccn1. The van der Waals surface area contributed by atoms with Crippen LogP contribution in [0.4, 0.5) is 10.5 Å². The van der Waals surface area contributed by atoms with Crippen molar-refractivity contribution in [2.75, 3.05) is 31.1 Å². The van der Waals surface area contributed by atoms with Gasteiger partial charge in [0.2, 0.25) is 11.8 Å². The van der Waals surface area contributed by atoms with Crippen LogP contribution in [0.1, 0.15) is 18.5 Å². The van der Waals surface area contributed by atoms with Gasteiger partial charge in [0.25, 0.3) is 0 Å². The molecule has 3 aliphatic rings. The average Bonchev–Trinajstić information content (AvgIpc) is 3.27. The van der Waals surface area contributed by atoms with Crippen LogP contribution < -0.4 is 15.5 Å². The van der Waals surface area contributed by atoms with E-state index >= 15 is 0 Å². The maximum Gasteiger partial charge on any atom is 0.325 e. The number of carbonyl (C=O) groups excluding carboxylic acids is 3. The van der Waals surface area contributed by atoms with Gasteiger partial charge in [-0.05, 0) is 37.8 Å². The number of amides is 4. The fourth-order valence-electron chi connectivity index (χ4n) is 3.96. The van der Waals surface area contributed by atoms with E-state index in [4.69, 9.17) is 0 Å². The van der Waals surface area contributed by atoms with Gasteiger partial charge in [-0.15, -0.1) is 0 Å². The molecule has 2 aliphatic heterocycles. The molecule has 1 aromatic heterocycles. The Morgan fingerprint density at radius 1 is 1.35 bits per heavy atom. The molecule has 0 unspecified atom stereocenters. The number of imide groups is 1. The van der Waals surface area contributed by atoms with Crippen molar-refractivity contribution in [3.05, 3.63) is 24.0 Å². The molecular formula is C18H23N5O3. The summed E-state index contributed by atoms with van der Waals surface area (Å²) in [5.41, 5.74) is 2.10. The summed E-state index contributed by atoms with van der Waals surface area (Å²) in [6, 6.07) is 3.63. The molecule has 2 N–H and O–H groups in total. The second-order valence-electron chi connectivity index (χ2n) is 7.45. The molecule has 3 fully saturated rings. The molecule has 0 radical (unpaired) electrons. The van der Waals surface area contributed by atoms with Crippen LogP contribution >= 0.6 is 0 Å². The van der Waals surface area contributed by atoms with Crippen LogP contribution in [0, 0.1) is 18.8 Å². The predicted octanol–water partition coefficient (Wildman–Crippen LogP) is 0.273. The van der Waals surface area contributed by atoms with Crippen LogP contribution in [0.15, 0.2) is 18.3 Å². The van der Waals surface area contributed by atoms with Gasteiger partial charge < -0.3 is 15.1 Å². The van der Waals surface area contributed by atoms with Crippen LogP contribution in [0.5, 0.6) is 0 Å². The smallest absolute Gasteiger partial charge is 0.325 e. The Morgan fingerprint density at radius 3 is 2.81 bits per heavy atom. The van der Waals surface area contributed by atoms with Crippen LogP contribution in [0.25, 0.3) is 0 Å². The van der Waals surface area contributed by atoms with Gasteiger partial charge in [-0.25, -0.2) is 4.79 Å². The molecule has 1 aliphatic carbocycles. The number of nitrogens with one attached hydrogen (secondary N) is 2. The number of anilines is 1. The Hall–Kier alpha value is -2.64. The van der Waals surface area contributed by atoms with E-state index < -0.39 is 6.03 Å². The van der Waals surface area contributed by atoms with Crippen molar-refractivity contribution in [2.45, 2.75) is 25.8 Å². The summed E-state index contributed by atoms with van der Waals surface area (Å²) < 4.78 is 0. The standard InChI is InChI=1S/C18H23N5O3/c1-11-6-13(4-5-19-11)22-7-14(12-2-3-12)15(8-22)20-16(24)9-23-10-17(25)21-18(23)26/h4-6,12,14-15H,2-3,7-10H2,1H3,(H,20,24)(H,21,25,26)/t14-,15+/m0/s1. The minimum absolute atomic E-state index is 0.0502. The zero-order chi connectivity index (χ0) is 18.3. The van der Waals surface area contributed by atoms with Crippen LogP contribution in [-0.4, -0.2) is 60.0 Å². The van der Waals surface area contributed by atoms with Gasteiger partial charge in [-0.2, -0.15) is 0 Å². The number of rotatable bonds is 5. The number of pyridine rings is 1. The Morgan fingerprint density at radius 2 is 2.15 bits per heavy atom. The molecule has 138 valence electrons. The topological polar surface area (TPSA) is 94.6 Å². The molecule has 2 saturated heterocycles. The first-order valence-corrected chi connectivity index (χ1v) is 9.05. The molecule has 0 bridgehead atoms. The number of carbonyl (C=O) groups is 3. The van der Waals surface area contributed by atoms with E-state index in [0.29, 0.717) is 11.8 Å². The van der Waals surface area contributed by atoms with Crippen molar-refractivity contribution in [1.82, 2.24) is 20.5 Å². The summed E-state index contributed by atoms with van der Waals surface area (Å²) >= 11 is 0.